The molecule has 0 spiro atoms. The van der Waals surface area contributed by atoms with E-state index in [9.17, 15) is 29.7 Å². The van der Waals surface area contributed by atoms with Crippen molar-refractivity contribution in [1.29, 1.82) is 0 Å². The van der Waals surface area contributed by atoms with E-state index in [1.807, 2.05) is 19.9 Å². The van der Waals surface area contributed by atoms with E-state index in [4.69, 9.17) is 29.1 Å². The standard InChI is InChI=1S/C31H36N2O11.Ca/c1-14(2)7-8-16-13-17(9-11-19(16)34)27(37)33-21-22(35)18-10-12-20(15(3)24(18)42-28(21)38)41-29-23(36)25(43-30(32)39)26(40-6)31(4,5)44-29;/h7,9-13,23,25-26,29,34-36H,8H2,1-6H3,(H2,32,39)(H,33,37);/q;+2/t23-,25+,26-,29+;/m1./s1. The summed E-state index contributed by atoms with van der Waals surface area (Å²) in [6.07, 6.45) is -3.81. The van der Waals surface area contributed by atoms with Gasteiger partial charge in [0.05, 0.1) is 11.0 Å². The van der Waals surface area contributed by atoms with Gasteiger partial charge in [0.25, 0.3) is 5.91 Å². The molecule has 236 valence electrons. The van der Waals surface area contributed by atoms with E-state index in [1.54, 1.807) is 20.8 Å². The number of allylic oxidation sites excluding steroid dienone is 2. The van der Waals surface area contributed by atoms with Gasteiger partial charge >= 0.3 is 49.5 Å². The van der Waals surface area contributed by atoms with Crippen LogP contribution in [-0.4, -0.2) is 102 Å². The van der Waals surface area contributed by atoms with E-state index < -0.39 is 59.3 Å². The number of benzene rings is 2. The number of methoxy groups -OCH3 is 1. The first kappa shape index (κ1) is 36.1. The Bertz CT molecular complexity index is 1680. The van der Waals surface area contributed by atoms with Crippen molar-refractivity contribution in [1.82, 2.24) is 0 Å². The third-order valence-electron chi connectivity index (χ3n) is 7.33. The number of ether oxygens (including phenoxy) is 4. The number of aryl methyl sites for hydroxylation is 1. The Morgan fingerprint density at radius 1 is 1.16 bits per heavy atom. The predicted molar refractivity (Wildman–Crippen MR) is 165 cm³/mol. The molecule has 0 radical (unpaired) electrons. The molecule has 1 aliphatic heterocycles. The Balaban J connectivity index is 0.00000552. The van der Waals surface area contributed by atoms with Gasteiger partial charge in [-0.2, -0.15) is 0 Å². The van der Waals surface area contributed by atoms with Gasteiger partial charge in [0, 0.05) is 18.2 Å². The molecule has 0 unspecified atom stereocenters. The van der Waals surface area contributed by atoms with Crippen LogP contribution in [0, 0.1) is 6.92 Å². The van der Waals surface area contributed by atoms with Crippen LogP contribution in [0.15, 0.2) is 51.2 Å². The molecule has 1 fully saturated rings. The Labute approximate surface area is 288 Å². The van der Waals surface area contributed by atoms with Crippen molar-refractivity contribution >= 4 is 66.4 Å². The van der Waals surface area contributed by atoms with E-state index in [1.165, 1.54) is 37.4 Å². The van der Waals surface area contributed by atoms with Crippen LogP contribution in [0.5, 0.6) is 17.2 Å². The number of rotatable bonds is 8. The zero-order valence-electron chi connectivity index (χ0n) is 25.9. The van der Waals surface area contributed by atoms with Crippen LogP contribution in [0.4, 0.5) is 10.5 Å². The van der Waals surface area contributed by atoms with Gasteiger partial charge in [-0.15, -0.1) is 0 Å². The van der Waals surface area contributed by atoms with Crippen molar-refractivity contribution < 1.29 is 48.3 Å². The van der Waals surface area contributed by atoms with Gasteiger partial charge < -0.3 is 49.7 Å². The van der Waals surface area contributed by atoms with E-state index in [2.05, 4.69) is 5.32 Å². The topological polar surface area (TPSA) is 200 Å². The molecule has 0 bridgehead atoms. The first-order valence-electron chi connectivity index (χ1n) is 13.7. The van der Waals surface area contributed by atoms with Crippen LogP contribution in [0.2, 0.25) is 0 Å². The minimum Gasteiger partial charge on any atom is -0.508 e. The smallest absolute Gasteiger partial charge is 0.508 e. The third-order valence-corrected chi connectivity index (χ3v) is 7.33. The molecule has 2 aromatic carbocycles. The molecule has 4 atom stereocenters. The summed E-state index contributed by atoms with van der Waals surface area (Å²) in [7, 11) is 1.37. The number of primary amides is 1. The Kier molecular flexibility index (Phi) is 11.6. The summed E-state index contributed by atoms with van der Waals surface area (Å²) in [5.74, 6) is -1.09. The average molecular weight is 653 g/mol. The normalized spacial score (nSPS) is 20.5. The fraction of sp³-hybridized carbons (Fsp3) is 0.387. The summed E-state index contributed by atoms with van der Waals surface area (Å²) in [4.78, 5) is 37.5. The number of aliphatic hydroxyl groups excluding tert-OH is 1. The summed E-state index contributed by atoms with van der Waals surface area (Å²) in [5, 5.41) is 34.6. The number of carbonyl (C=O) groups excluding carboxylic acids is 2. The van der Waals surface area contributed by atoms with E-state index in [0.717, 1.165) is 5.57 Å². The maximum Gasteiger partial charge on any atom is 2.00 e. The molecule has 14 heteroatoms. The van der Waals surface area contributed by atoms with Gasteiger partial charge in [-0.1, -0.05) is 11.6 Å². The molecule has 0 aliphatic carbocycles. The number of phenols is 1. The van der Waals surface area contributed by atoms with Crippen molar-refractivity contribution in [3.05, 3.63) is 69.1 Å². The number of phenolic OH excluding ortho intramolecular Hbond substituents is 1. The Morgan fingerprint density at radius 3 is 2.47 bits per heavy atom. The number of nitrogens with two attached hydrogens (primary N) is 1. The number of nitrogens with one attached hydrogen (secondary N) is 1. The van der Waals surface area contributed by atoms with E-state index in [0.29, 0.717) is 12.0 Å². The van der Waals surface area contributed by atoms with Crippen LogP contribution in [0.1, 0.15) is 49.2 Å². The fourth-order valence-corrected chi connectivity index (χ4v) is 5.06. The molecule has 0 saturated carbocycles. The summed E-state index contributed by atoms with van der Waals surface area (Å²) < 4.78 is 27.9. The second kappa shape index (κ2) is 14.4. The van der Waals surface area contributed by atoms with Crippen LogP contribution in [0.25, 0.3) is 11.0 Å². The Morgan fingerprint density at radius 2 is 1.84 bits per heavy atom. The molecule has 6 N–H and O–H groups in total. The molecule has 1 aliphatic rings. The van der Waals surface area contributed by atoms with E-state index >= 15 is 0 Å². The molecule has 1 saturated heterocycles. The monoisotopic (exact) mass is 652 g/mol. The summed E-state index contributed by atoms with van der Waals surface area (Å²) in [6, 6.07) is 7.12. The number of amides is 2. The largest absolute Gasteiger partial charge is 2.00 e. The molecule has 13 nitrogen and oxygen atoms in total. The first-order valence-corrected chi connectivity index (χ1v) is 13.7. The predicted octanol–water partition coefficient (Wildman–Crippen LogP) is 3.25. The summed E-state index contributed by atoms with van der Waals surface area (Å²) >= 11 is 0. The maximum absolute atomic E-state index is 13.0. The quantitative estimate of drug-likeness (QED) is 0.136. The van der Waals surface area contributed by atoms with Crippen LogP contribution < -0.4 is 21.4 Å². The number of hydrogen-bond donors (Lipinski definition) is 5. The summed E-state index contributed by atoms with van der Waals surface area (Å²) in [5.41, 5.74) is 4.54. The van der Waals surface area contributed by atoms with Gasteiger partial charge in [0.1, 0.15) is 23.2 Å². The zero-order chi connectivity index (χ0) is 32.5. The number of carbonyl (C=O) groups is 2. The van der Waals surface area contributed by atoms with Crippen molar-refractivity contribution in [3.8, 4) is 17.2 Å². The molecule has 4 rings (SSSR count). The van der Waals surface area contributed by atoms with Gasteiger partial charge in [-0.3, -0.25) is 4.79 Å². The molecule has 2 heterocycles. The summed E-state index contributed by atoms with van der Waals surface area (Å²) in [6.45, 7) is 8.69. The minimum atomic E-state index is -1.52. The van der Waals surface area contributed by atoms with Crippen molar-refractivity contribution in [2.45, 2.75) is 71.2 Å². The number of aliphatic hydroxyl groups is 1. The van der Waals surface area contributed by atoms with Crippen molar-refractivity contribution in [2.75, 3.05) is 12.4 Å². The molecular weight excluding hydrogens is 616 g/mol. The number of fused-ring (bicyclic) bond motifs is 1. The van der Waals surface area contributed by atoms with Crippen molar-refractivity contribution in [2.24, 2.45) is 5.73 Å². The average Bonchev–Trinajstić information content (AvgIpc) is 2.94. The maximum atomic E-state index is 13.0. The minimum absolute atomic E-state index is 0. The molecule has 3 aromatic rings. The number of anilines is 1. The first-order chi connectivity index (χ1) is 20.6. The van der Waals surface area contributed by atoms with E-state index in [-0.39, 0.29) is 71.3 Å². The molecule has 45 heavy (non-hydrogen) atoms. The number of hydrogen-bond acceptors (Lipinski definition) is 11. The fourth-order valence-electron chi connectivity index (χ4n) is 5.06. The SMILES string of the molecule is CO[C@@H]1[C@@H](OC(N)=O)[C@@H](O)[C@@H](Oc2ccc3c(O)c(NC(=O)c4ccc(O)c(CC=C(C)C)c4)c(=O)oc3c2C)OC1(C)C.[Ca+2]. The zero-order valence-corrected chi connectivity index (χ0v) is 28.1. The van der Waals surface area contributed by atoms with Gasteiger partial charge in [-0.25, -0.2) is 9.59 Å². The molecule has 1 aromatic heterocycles. The van der Waals surface area contributed by atoms with Gasteiger partial charge in [-0.05, 0) is 76.9 Å². The molecule has 2 amide bonds. The van der Waals surface area contributed by atoms with Crippen molar-refractivity contribution in [3.63, 3.8) is 0 Å². The Hall–Kier alpha value is -3.33. The third kappa shape index (κ3) is 7.74. The van der Waals surface area contributed by atoms with Crippen LogP contribution in [0.3, 0.4) is 0 Å². The number of aromatic hydroxyl groups is 2. The van der Waals surface area contributed by atoms with Gasteiger partial charge in [0.15, 0.2) is 23.6 Å². The second-order valence-electron chi connectivity index (χ2n) is 11.2. The van der Waals surface area contributed by atoms with Gasteiger partial charge in [0.2, 0.25) is 6.29 Å². The second-order valence-corrected chi connectivity index (χ2v) is 11.2. The van der Waals surface area contributed by atoms with Crippen LogP contribution in [-0.2, 0) is 20.6 Å². The molecular formula is C31H36CaN2O11+2. The van der Waals surface area contributed by atoms with Crippen LogP contribution >= 0.6 is 0 Å².